The summed E-state index contributed by atoms with van der Waals surface area (Å²) in [5, 5.41) is 3.21. The van der Waals surface area contributed by atoms with Gasteiger partial charge in [0.1, 0.15) is 12.6 Å². The van der Waals surface area contributed by atoms with Gasteiger partial charge in [0.25, 0.3) is 10.0 Å². The van der Waals surface area contributed by atoms with Gasteiger partial charge < -0.3 is 10.2 Å². The van der Waals surface area contributed by atoms with Gasteiger partial charge in [0.05, 0.1) is 10.6 Å². The lowest BCUT2D eigenvalue weighted by atomic mass is 10.0. The summed E-state index contributed by atoms with van der Waals surface area (Å²) in [4.78, 5) is 27.8. The van der Waals surface area contributed by atoms with Crippen LogP contribution in [0, 0.1) is 6.92 Å². The van der Waals surface area contributed by atoms with Crippen molar-refractivity contribution in [3.05, 3.63) is 93.5 Å². The van der Waals surface area contributed by atoms with Crippen molar-refractivity contribution in [2.75, 3.05) is 17.9 Å². The van der Waals surface area contributed by atoms with Gasteiger partial charge in [-0.2, -0.15) is 0 Å². The minimum Gasteiger partial charge on any atom is -0.357 e. The molecule has 0 aromatic heterocycles. The van der Waals surface area contributed by atoms with Gasteiger partial charge >= 0.3 is 0 Å². The van der Waals surface area contributed by atoms with Gasteiger partial charge in [-0.25, -0.2) is 8.42 Å². The summed E-state index contributed by atoms with van der Waals surface area (Å²) in [6, 6.07) is 17.5. The van der Waals surface area contributed by atoms with Crippen LogP contribution in [0.4, 0.5) is 5.69 Å². The van der Waals surface area contributed by atoms with E-state index in [1.807, 2.05) is 32.9 Å². The zero-order valence-electron chi connectivity index (χ0n) is 22.6. The van der Waals surface area contributed by atoms with Gasteiger partial charge in [-0.3, -0.25) is 13.9 Å². The summed E-state index contributed by atoms with van der Waals surface area (Å²) >= 11 is 12.7. The third-order valence-corrected chi connectivity index (χ3v) is 9.04. The molecule has 0 radical (unpaired) electrons. The molecule has 208 valence electrons. The third-order valence-electron chi connectivity index (χ3n) is 6.54. The van der Waals surface area contributed by atoms with Gasteiger partial charge in [-0.1, -0.05) is 72.9 Å². The lowest BCUT2D eigenvalue weighted by molar-refractivity contribution is -0.139. The van der Waals surface area contributed by atoms with Crippen LogP contribution in [0.25, 0.3) is 0 Å². The van der Waals surface area contributed by atoms with E-state index in [0.717, 1.165) is 15.4 Å². The van der Waals surface area contributed by atoms with Gasteiger partial charge in [-0.05, 0) is 61.7 Å². The first-order chi connectivity index (χ1) is 18.4. The molecule has 0 fully saturated rings. The largest absolute Gasteiger partial charge is 0.357 e. The molecule has 0 saturated carbocycles. The fraction of sp³-hybridized carbons (Fsp3) is 0.310. The maximum absolute atomic E-state index is 13.9. The SMILES string of the molecule is CNC(=O)C(C)N(Cc1c(Cl)cccc1Cl)C(=O)CN(c1ccc(C(C)C)cc1)S(=O)(=O)c1ccc(C)cc1. The van der Waals surface area contributed by atoms with Crippen LogP contribution < -0.4 is 9.62 Å². The van der Waals surface area contributed by atoms with E-state index in [-0.39, 0.29) is 17.4 Å². The molecule has 3 aromatic carbocycles. The van der Waals surface area contributed by atoms with E-state index >= 15 is 0 Å². The molecule has 0 heterocycles. The van der Waals surface area contributed by atoms with E-state index in [1.54, 1.807) is 49.4 Å². The maximum Gasteiger partial charge on any atom is 0.264 e. The highest BCUT2D eigenvalue weighted by atomic mass is 35.5. The number of nitrogens with one attached hydrogen (secondary N) is 1. The molecule has 1 atom stereocenters. The maximum atomic E-state index is 13.9. The lowest BCUT2D eigenvalue weighted by Gasteiger charge is -2.32. The molecule has 7 nitrogen and oxygen atoms in total. The van der Waals surface area contributed by atoms with E-state index in [9.17, 15) is 18.0 Å². The Balaban J connectivity index is 2.08. The standard InChI is InChI=1S/C29H33Cl2N3O4S/c1-19(2)22-11-13-23(14-12-22)34(39(37,38)24-15-9-20(3)10-16-24)18-28(35)33(21(4)29(36)32-5)17-25-26(30)7-6-8-27(25)31/h6-16,19,21H,17-18H2,1-5H3,(H,32,36). The number of carbonyl (C=O) groups is 2. The topological polar surface area (TPSA) is 86.8 Å². The predicted molar refractivity (Wildman–Crippen MR) is 157 cm³/mol. The van der Waals surface area contributed by atoms with Crippen LogP contribution in [0.5, 0.6) is 0 Å². The van der Waals surface area contributed by atoms with Crippen LogP contribution in [0.3, 0.4) is 0 Å². The van der Waals surface area contributed by atoms with Crippen molar-refractivity contribution < 1.29 is 18.0 Å². The van der Waals surface area contributed by atoms with Crippen LogP contribution in [0.1, 0.15) is 43.4 Å². The lowest BCUT2D eigenvalue weighted by Crippen LogP contribution is -2.50. The number of carbonyl (C=O) groups excluding carboxylic acids is 2. The Kier molecular flexibility index (Phi) is 10.0. The second kappa shape index (κ2) is 12.9. The minimum atomic E-state index is -4.14. The molecule has 1 N–H and O–H groups in total. The van der Waals surface area contributed by atoms with Crippen molar-refractivity contribution >= 4 is 50.7 Å². The normalized spacial score (nSPS) is 12.2. The minimum absolute atomic E-state index is 0.0499. The van der Waals surface area contributed by atoms with Crippen LogP contribution >= 0.6 is 23.2 Å². The Morgan fingerprint density at radius 1 is 0.897 bits per heavy atom. The van der Waals surface area contributed by atoms with E-state index in [2.05, 4.69) is 5.32 Å². The molecule has 0 spiro atoms. The summed E-state index contributed by atoms with van der Waals surface area (Å²) in [6.07, 6.45) is 0. The van der Waals surface area contributed by atoms with Crippen molar-refractivity contribution in [1.29, 1.82) is 0 Å². The number of anilines is 1. The molecule has 39 heavy (non-hydrogen) atoms. The highest BCUT2D eigenvalue weighted by Gasteiger charge is 2.33. The highest BCUT2D eigenvalue weighted by Crippen LogP contribution is 2.29. The molecular formula is C29H33Cl2N3O4S. The first-order valence-electron chi connectivity index (χ1n) is 12.5. The summed E-state index contributed by atoms with van der Waals surface area (Å²) in [6.45, 7) is 6.88. The van der Waals surface area contributed by atoms with E-state index in [0.29, 0.717) is 21.3 Å². The monoisotopic (exact) mass is 589 g/mol. The van der Waals surface area contributed by atoms with Crippen molar-refractivity contribution in [2.24, 2.45) is 0 Å². The fourth-order valence-electron chi connectivity index (χ4n) is 4.04. The number of rotatable bonds is 10. The Hall–Kier alpha value is -3.07. The molecular weight excluding hydrogens is 557 g/mol. The number of likely N-dealkylation sites (N-methyl/N-ethyl adjacent to an activating group) is 1. The highest BCUT2D eigenvalue weighted by molar-refractivity contribution is 7.92. The van der Waals surface area contributed by atoms with Crippen molar-refractivity contribution in [3.63, 3.8) is 0 Å². The van der Waals surface area contributed by atoms with Crippen LogP contribution in [-0.4, -0.2) is 44.8 Å². The molecule has 0 aliphatic carbocycles. The first-order valence-corrected chi connectivity index (χ1v) is 14.7. The van der Waals surface area contributed by atoms with Gasteiger partial charge in [-0.15, -0.1) is 0 Å². The van der Waals surface area contributed by atoms with Crippen molar-refractivity contribution in [1.82, 2.24) is 10.2 Å². The number of hydrogen-bond acceptors (Lipinski definition) is 4. The molecule has 0 saturated heterocycles. The van der Waals surface area contributed by atoms with Gasteiger partial charge in [0.2, 0.25) is 11.8 Å². The number of nitrogens with zero attached hydrogens (tertiary/aromatic N) is 2. The Bertz CT molecular complexity index is 1410. The van der Waals surface area contributed by atoms with E-state index < -0.39 is 34.4 Å². The number of aryl methyl sites for hydroxylation is 1. The Morgan fingerprint density at radius 3 is 1.97 bits per heavy atom. The average molecular weight is 591 g/mol. The van der Waals surface area contributed by atoms with Crippen LogP contribution in [-0.2, 0) is 26.2 Å². The first kappa shape index (κ1) is 30.5. The number of halogens is 2. The summed E-state index contributed by atoms with van der Waals surface area (Å²) in [5.41, 5.74) is 2.72. The van der Waals surface area contributed by atoms with Gasteiger partial charge in [0.15, 0.2) is 0 Å². The molecule has 10 heteroatoms. The number of benzene rings is 3. The fourth-order valence-corrected chi connectivity index (χ4v) is 5.97. The second-order valence-electron chi connectivity index (χ2n) is 9.58. The average Bonchev–Trinajstić information content (AvgIpc) is 2.90. The van der Waals surface area contributed by atoms with Crippen molar-refractivity contribution in [3.8, 4) is 0 Å². The Morgan fingerprint density at radius 2 is 1.46 bits per heavy atom. The zero-order valence-corrected chi connectivity index (χ0v) is 24.9. The van der Waals surface area contributed by atoms with Gasteiger partial charge in [0, 0.05) is 29.2 Å². The predicted octanol–water partition coefficient (Wildman–Crippen LogP) is 5.78. The Labute approximate surface area is 240 Å². The zero-order chi connectivity index (χ0) is 28.9. The van der Waals surface area contributed by atoms with Crippen LogP contribution in [0.15, 0.2) is 71.6 Å². The molecule has 1 unspecified atom stereocenters. The summed E-state index contributed by atoms with van der Waals surface area (Å²) in [7, 11) is -2.67. The number of amides is 2. The van der Waals surface area contributed by atoms with E-state index in [1.165, 1.54) is 24.1 Å². The number of hydrogen-bond donors (Lipinski definition) is 1. The van der Waals surface area contributed by atoms with E-state index in [4.69, 9.17) is 23.2 Å². The van der Waals surface area contributed by atoms with Crippen LogP contribution in [0.2, 0.25) is 10.0 Å². The smallest absolute Gasteiger partial charge is 0.264 e. The quantitative estimate of drug-likeness (QED) is 0.324. The second-order valence-corrected chi connectivity index (χ2v) is 12.3. The molecule has 0 bridgehead atoms. The molecule has 3 aromatic rings. The molecule has 2 amide bonds. The molecule has 0 aliphatic heterocycles. The number of sulfonamides is 1. The summed E-state index contributed by atoms with van der Waals surface area (Å²) in [5.74, 6) is -0.765. The third kappa shape index (κ3) is 7.12. The molecule has 0 aliphatic rings. The molecule has 3 rings (SSSR count). The van der Waals surface area contributed by atoms with Crippen molar-refractivity contribution in [2.45, 2.75) is 51.1 Å². The summed E-state index contributed by atoms with van der Waals surface area (Å²) < 4.78 is 28.8.